The van der Waals surface area contributed by atoms with E-state index in [1.54, 1.807) is 45.0 Å². The molecular weight excluding hydrogens is 374 g/mol. The number of hydrogen-bond donors (Lipinski definition) is 1. The molecule has 8 heteroatoms. The zero-order valence-electron chi connectivity index (χ0n) is 17.4. The monoisotopic (exact) mass is 399 g/mol. The lowest BCUT2D eigenvalue weighted by atomic mass is 9.95. The number of nitrogens with one attached hydrogen (secondary N) is 1. The van der Waals surface area contributed by atoms with Crippen LogP contribution in [0.2, 0.25) is 0 Å². The summed E-state index contributed by atoms with van der Waals surface area (Å²) in [5, 5.41) is 6.64. The molecule has 0 spiro atoms. The molecule has 0 fully saturated rings. The van der Waals surface area contributed by atoms with Gasteiger partial charge in [-0.3, -0.25) is 14.5 Å². The number of rotatable bonds is 4. The molecule has 29 heavy (non-hydrogen) atoms. The first-order valence-corrected chi connectivity index (χ1v) is 9.47. The summed E-state index contributed by atoms with van der Waals surface area (Å²) in [5.41, 5.74) is 0.564. The molecule has 1 aliphatic rings. The fraction of sp³-hybridized carbons (Fsp3) is 0.429. The molecule has 2 amide bonds. The molecule has 8 nitrogen and oxygen atoms in total. The predicted molar refractivity (Wildman–Crippen MR) is 107 cm³/mol. The highest BCUT2D eigenvalue weighted by atomic mass is 16.5. The van der Waals surface area contributed by atoms with Crippen molar-refractivity contribution in [1.82, 2.24) is 5.16 Å². The van der Waals surface area contributed by atoms with Gasteiger partial charge in [-0.1, -0.05) is 31.1 Å². The maximum atomic E-state index is 13.3. The number of anilines is 2. The molecule has 0 aliphatic carbocycles. The van der Waals surface area contributed by atoms with Crippen molar-refractivity contribution in [2.24, 2.45) is 0 Å². The van der Waals surface area contributed by atoms with Crippen molar-refractivity contribution in [1.29, 1.82) is 0 Å². The highest BCUT2D eigenvalue weighted by Crippen LogP contribution is 2.37. The minimum Gasteiger partial charge on any atom is -0.449 e. The summed E-state index contributed by atoms with van der Waals surface area (Å²) in [6.07, 6.45) is -1.12. The molecule has 3 rings (SSSR count). The Bertz CT molecular complexity index is 976. The maximum absolute atomic E-state index is 13.3. The Balaban J connectivity index is 1.89. The number of aromatic nitrogens is 1. The SMILES string of the molecule is Cc1noc(C(C)C)c1C(=O)O[C@@H](C)C(=O)N1c2ccccc2NC(=O)C1(C)C. The molecular formula is C21H25N3O5. The third kappa shape index (κ3) is 3.50. The van der Waals surface area contributed by atoms with Gasteiger partial charge in [0.25, 0.3) is 5.91 Å². The first-order valence-electron chi connectivity index (χ1n) is 9.47. The summed E-state index contributed by atoms with van der Waals surface area (Å²) < 4.78 is 10.7. The van der Waals surface area contributed by atoms with Crippen LogP contribution in [0.3, 0.4) is 0 Å². The van der Waals surface area contributed by atoms with Gasteiger partial charge in [-0.25, -0.2) is 4.79 Å². The van der Waals surface area contributed by atoms with Crippen LogP contribution in [0.5, 0.6) is 0 Å². The Kier molecular flexibility index (Phi) is 5.21. The number of aryl methyl sites for hydroxylation is 1. The number of esters is 1. The number of carbonyl (C=O) groups is 3. The maximum Gasteiger partial charge on any atom is 0.344 e. The normalized spacial score (nSPS) is 16.2. The average Bonchev–Trinajstić information content (AvgIpc) is 3.04. The second-order valence-corrected chi connectivity index (χ2v) is 7.91. The van der Waals surface area contributed by atoms with E-state index in [0.29, 0.717) is 22.8 Å². The zero-order chi connectivity index (χ0) is 21.5. The van der Waals surface area contributed by atoms with Gasteiger partial charge >= 0.3 is 5.97 Å². The van der Waals surface area contributed by atoms with Crippen molar-refractivity contribution in [3.8, 4) is 0 Å². The minimum absolute atomic E-state index is 0.0682. The third-order valence-electron chi connectivity index (χ3n) is 4.98. The van der Waals surface area contributed by atoms with Crippen LogP contribution in [0.1, 0.15) is 62.3 Å². The summed E-state index contributed by atoms with van der Waals surface area (Å²) in [7, 11) is 0. The van der Waals surface area contributed by atoms with Crippen LogP contribution in [0.4, 0.5) is 11.4 Å². The van der Waals surface area contributed by atoms with Gasteiger partial charge in [0, 0.05) is 5.92 Å². The molecule has 1 N–H and O–H groups in total. The van der Waals surface area contributed by atoms with Gasteiger partial charge in [-0.2, -0.15) is 0 Å². The van der Waals surface area contributed by atoms with Crippen LogP contribution in [0, 0.1) is 6.92 Å². The number of para-hydroxylation sites is 2. The molecule has 0 bridgehead atoms. The van der Waals surface area contributed by atoms with Crippen LogP contribution in [0.25, 0.3) is 0 Å². The van der Waals surface area contributed by atoms with Gasteiger partial charge < -0.3 is 14.6 Å². The van der Waals surface area contributed by atoms with Gasteiger partial charge in [0.1, 0.15) is 11.1 Å². The second-order valence-electron chi connectivity index (χ2n) is 7.91. The zero-order valence-corrected chi connectivity index (χ0v) is 17.4. The largest absolute Gasteiger partial charge is 0.449 e. The first kappa shape index (κ1) is 20.6. The van der Waals surface area contributed by atoms with Gasteiger partial charge in [0.05, 0.1) is 17.1 Å². The highest BCUT2D eigenvalue weighted by Gasteiger charge is 2.45. The number of amides is 2. The van der Waals surface area contributed by atoms with Crippen LogP contribution in [0.15, 0.2) is 28.8 Å². The van der Waals surface area contributed by atoms with E-state index in [2.05, 4.69) is 10.5 Å². The number of fused-ring (bicyclic) bond motifs is 1. The van der Waals surface area contributed by atoms with E-state index >= 15 is 0 Å². The summed E-state index contributed by atoms with van der Waals surface area (Å²) in [6.45, 7) is 10.2. The Labute approximate surface area is 169 Å². The van der Waals surface area contributed by atoms with Crippen LogP contribution in [-0.4, -0.2) is 34.6 Å². The smallest absolute Gasteiger partial charge is 0.344 e. The molecule has 1 atom stereocenters. The van der Waals surface area contributed by atoms with Crippen molar-refractivity contribution in [2.45, 2.75) is 59.1 Å². The molecule has 1 aliphatic heterocycles. The van der Waals surface area contributed by atoms with Crippen molar-refractivity contribution in [3.63, 3.8) is 0 Å². The van der Waals surface area contributed by atoms with Crippen molar-refractivity contribution in [3.05, 3.63) is 41.3 Å². The molecule has 2 aromatic rings. The fourth-order valence-corrected chi connectivity index (χ4v) is 3.33. The molecule has 0 radical (unpaired) electrons. The summed E-state index contributed by atoms with van der Waals surface area (Å²) in [6, 6.07) is 7.00. The third-order valence-corrected chi connectivity index (χ3v) is 4.98. The lowest BCUT2D eigenvalue weighted by molar-refractivity contribution is -0.131. The van der Waals surface area contributed by atoms with Crippen molar-refractivity contribution < 1.29 is 23.6 Å². The lowest BCUT2D eigenvalue weighted by Crippen LogP contribution is -2.60. The van der Waals surface area contributed by atoms with E-state index in [4.69, 9.17) is 9.26 Å². The number of nitrogens with zero attached hydrogens (tertiary/aromatic N) is 2. The highest BCUT2D eigenvalue weighted by molar-refractivity contribution is 6.15. The van der Waals surface area contributed by atoms with Gasteiger partial charge in [0.15, 0.2) is 11.9 Å². The van der Waals surface area contributed by atoms with Crippen LogP contribution >= 0.6 is 0 Å². The van der Waals surface area contributed by atoms with E-state index < -0.39 is 23.5 Å². The average molecular weight is 399 g/mol. The summed E-state index contributed by atoms with van der Waals surface area (Å²) >= 11 is 0. The predicted octanol–water partition coefficient (Wildman–Crippen LogP) is 3.42. The molecule has 0 unspecified atom stereocenters. The number of hydrogen-bond acceptors (Lipinski definition) is 6. The minimum atomic E-state index is -1.15. The van der Waals surface area contributed by atoms with Gasteiger partial charge in [0.2, 0.25) is 5.91 Å². The second kappa shape index (κ2) is 7.35. The van der Waals surface area contributed by atoms with E-state index in [1.165, 1.54) is 11.8 Å². The molecule has 1 aromatic carbocycles. The molecule has 154 valence electrons. The van der Waals surface area contributed by atoms with E-state index in [1.807, 2.05) is 13.8 Å². The molecule has 0 saturated carbocycles. The first-order chi connectivity index (χ1) is 13.6. The Hall–Kier alpha value is -3.16. The van der Waals surface area contributed by atoms with Crippen LogP contribution in [-0.2, 0) is 14.3 Å². The van der Waals surface area contributed by atoms with Crippen molar-refractivity contribution >= 4 is 29.2 Å². The Morgan fingerprint density at radius 1 is 1.21 bits per heavy atom. The molecule has 1 aromatic heterocycles. The number of ether oxygens (including phenoxy) is 1. The van der Waals surface area contributed by atoms with E-state index in [9.17, 15) is 14.4 Å². The number of carbonyl (C=O) groups excluding carboxylic acids is 3. The molecule has 2 heterocycles. The van der Waals surface area contributed by atoms with Gasteiger partial charge in [-0.05, 0) is 39.8 Å². The Morgan fingerprint density at radius 2 is 1.86 bits per heavy atom. The fourth-order valence-electron chi connectivity index (χ4n) is 3.33. The standard InChI is InChI=1S/C21H25N3O5/c1-11(2)17-16(12(3)23-29-17)19(26)28-13(4)18(25)24-15-10-8-7-9-14(15)22-20(27)21(24,5)6/h7-11,13H,1-6H3,(H,22,27)/t13-/m0/s1. The van der Waals surface area contributed by atoms with Gasteiger partial charge in [-0.15, -0.1) is 0 Å². The lowest BCUT2D eigenvalue weighted by Gasteiger charge is -2.42. The quantitative estimate of drug-likeness (QED) is 0.791. The summed E-state index contributed by atoms with van der Waals surface area (Å²) in [5.74, 6) is -1.15. The molecule has 0 saturated heterocycles. The summed E-state index contributed by atoms with van der Waals surface area (Å²) in [4.78, 5) is 39.9. The Morgan fingerprint density at radius 3 is 2.52 bits per heavy atom. The topological polar surface area (TPSA) is 102 Å². The van der Waals surface area contributed by atoms with Crippen molar-refractivity contribution in [2.75, 3.05) is 10.2 Å². The van der Waals surface area contributed by atoms with E-state index in [0.717, 1.165) is 0 Å². The van der Waals surface area contributed by atoms with Crippen LogP contribution < -0.4 is 10.2 Å². The number of benzene rings is 1. The van der Waals surface area contributed by atoms with E-state index in [-0.39, 0.29) is 17.4 Å².